The molecule has 0 aromatic rings. The zero-order chi connectivity index (χ0) is 38.6. The molecule has 0 rings (SSSR count). The molecular formula is C49H97NO3. The van der Waals surface area contributed by atoms with Gasteiger partial charge in [-0.2, -0.15) is 0 Å². The molecule has 4 nitrogen and oxygen atoms in total. The molecule has 0 saturated heterocycles. The standard InChI is InChI=1S/C49H97NO3/c1-3-5-7-9-11-13-15-17-19-21-22-23-24-25-26-27-29-31-33-35-37-39-41-43-45-49(53)50-47(46-51)48(52)44-42-40-38-36-34-32-30-28-20-18-16-14-12-10-8-6-4-2/h42,44,47-48,51-52H,3-41,43,45-46H2,1-2H3,(H,50,53)/b44-42+/t47-,48+/m0/s1. The number of aliphatic hydroxyl groups is 2. The van der Waals surface area contributed by atoms with E-state index in [0.717, 1.165) is 25.7 Å². The Labute approximate surface area is 333 Å². The molecule has 0 fully saturated rings. The van der Waals surface area contributed by atoms with Gasteiger partial charge in [0.15, 0.2) is 0 Å². The number of carbonyl (C=O) groups is 1. The molecule has 0 aromatic carbocycles. The zero-order valence-corrected chi connectivity index (χ0v) is 36.3. The van der Waals surface area contributed by atoms with E-state index in [9.17, 15) is 15.0 Å². The van der Waals surface area contributed by atoms with Gasteiger partial charge in [-0.25, -0.2) is 0 Å². The summed E-state index contributed by atoms with van der Waals surface area (Å²) in [5.41, 5.74) is 0. The van der Waals surface area contributed by atoms with E-state index in [1.165, 1.54) is 231 Å². The fourth-order valence-corrected chi connectivity index (χ4v) is 7.77. The molecule has 4 heteroatoms. The average Bonchev–Trinajstić information content (AvgIpc) is 3.16. The van der Waals surface area contributed by atoms with E-state index in [1.54, 1.807) is 6.08 Å². The van der Waals surface area contributed by atoms with Gasteiger partial charge in [-0.3, -0.25) is 4.79 Å². The van der Waals surface area contributed by atoms with Crippen molar-refractivity contribution in [3.63, 3.8) is 0 Å². The summed E-state index contributed by atoms with van der Waals surface area (Å²) >= 11 is 0. The van der Waals surface area contributed by atoms with E-state index >= 15 is 0 Å². The summed E-state index contributed by atoms with van der Waals surface area (Å²) in [5, 5.41) is 23.1. The molecule has 0 heterocycles. The minimum absolute atomic E-state index is 0.0577. The third-order valence-electron chi connectivity index (χ3n) is 11.5. The SMILES string of the molecule is CCCCCCCCCCCCCCCCC/C=C/[C@@H](O)[C@H](CO)NC(=O)CCCCCCCCCCCCCCCCCCCCCCCCCC. The lowest BCUT2D eigenvalue weighted by Crippen LogP contribution is -2.45. The molecular weight excluding hydrogens is 651 g/mol. The predicted octanol–water partition coefficient (Wildman–Crippen LogP) is 15.4. The van der Waals surface area contributed by atoms with Gasteiger partial charge in [-0.05, 0) is 19.3 Å². The van der Waals surface area contributed by atoms with Crippen molar-refractivity contribution in [2.45, 2.75) is 289 Å². The minimum Gasteiger partial charge on any atom is -0.394 e. The molecule has 0 bridgehead atoms. The molecule has 0 radical (unpaired) electrons. The van der Waals surface area contributed by atoms with E-state index in [1.807, 2.05) is 6.08 Å². The van der Waals surface area contributed by atoms with Crippen LogP contribution in [0.1, 0.15) is 277 Å². The fourth-order valence-electron chi connectivity index (χ4n) is 7.77. The molecule has 316 valence electrons. The van der Waals surface area contributed by atoms with E-state index in [2.05, 4.69) is 19.2 Å². The quantitative estimate of drug-likeness (QED) is 0.0429. The molecule has 0 unspecified atom stereocenters. The monoisotopic (exact) mass is 748 g/mol. The van der Waals surface area contributed by atoms with Gasteiger partial charge in [0.2, 0.25) is 5.91 Å². The van der Waals surface area contributed by atoms with Gasteiger partial charge in [0.25, 0.3) is 0 Å². The Morgan fingerprint density at radius 1 is 0.434 bits per heavy atom. The lowest BCUT2D eigenvalue weighted by molar-refractivity contribution is -0.123. The summed E-state index contributed by atoms with van der Waals surface area (Å²) in [6.45, 7) is 4.34. The van der Waals surface area contributed by atoms with E-state index in [-0.39, 0.29) is 12.5 Å². The lowest BCUT2D eigenvalue weighted by atomic mass is 10.0. The first kappa shape index (κ1) is 52.1. The maximum absolute atomic E-state index is 12.4. The second-order valence-electron chi connectivity index (χ2n) is 16.9. The van der Waals surface area contributed by atoms with Crippen molar-refractivity contribution in [1.82, 2.24) is 5.32 Å². The summed E-state index contributed by atoms with van der Waals surface area (Å²) in [6.07, 6.45) is 57.7. The van der Waals surface area contributed by atoms with Crippen LogP contribution in [0.4, 0.5) is 0 Å². The molecule has 0 aromatic heterocycles. The van der Waals surface area contributed by atoms with Crippen LogP contribution in [0, 0.1) is 0 Å². The Morgan fingerprint density at radius 3 is 0.981 bits per heavy atom. The van der Waals surface area contributed by atoms with Crippen LogP contribution in [-0.4, -0.2) is 34.9 Å². The third kappa shape index (κ3) is 42.1. The first-order valence-corrected chi connectivity index (χ1v) is 24.4. The summed E-state index contributed by atoms with van der Waals surface area (Å²) in [4.78, 5) is 12.4. The topological polar surface area (TPSA) is 69.6 Å². The van der Waals surface area contributed by atoms with E-state index < -0.39 is 12.1 Å². The molecule has 53 heavy (non-hydrogen) atoms. The van der Waals surface area contributed by atoms with Crippen LogP contribution in [-0.2, 0) is 4.79 Å². The second kappa shape index (κ2) is 45.5. The van der Waals surface area contributed by atoms with Gasteiger partial charge in [-0.15, -0.1) is 0 Å². The molecule has 3 N–H and O–H groups in total. The number of unbranched alkanes of at least 4 members (excludes halogenated alkanes) is 38. The van der Waals surface area contributed by atoms with Crippen molar-refractivity contribution in [2.75, 3.05) is 6.61 Å². The molecule has 0 aliphatic carbocycles. The van der Waals surface area contributed by atoms with Gasteiger partial charge < -0.3 is 15.5 Å². The van der Waals surface area contributed by atoms with Crippen LogP contribution in [0.2, 0.25) is 0 Å². The molecule has 0 spiro atoms. The number of hydrogen-bond donors (Lipinski definition) is 3. The zero-order valence-electron chi connectivity index (χ0n) is 36.3. The van der Waals surface area contributed by atoms with Gasteiger partial charge in [-0.1, -0.05) is 264 Å². The van der Waals surface area contributed by atoms with Gasteiger partial charge in [0.1, 0.15) is 0 Å². The minimum atomic E-state index is -0.834. The Bertz CT molecular complexity index is 725. The van der Waals surface area contributed by atoms with Gasteiger partial charge in [0.05, 0.1) is 18.8 Å². The Morgan fingerprint density at radius 2 is 0.698 bits per heavy atom. The number of hydrogen-bond acceptors (Lipinski definition) is 3. The van der Waals surface area contributed by atoms with Crippen LogP contribution >= 0.6 is 0 Å². The third-order valence-corrected chi connectivity index (χ3v) is 11.5. The Hall–Kier alpha value is -0.870. The van der Waals surface area contributed by atoms with Crippen LogP contribution in [0.5, 0.6) is 0 Å². The van der Waals surface area contributed by atoms with Gasteiger partial charge >= 0.3 is 0 Å². The number of allylic oxidation sites excluding steroid dienone is 1. The van der Waals surface area contributed by atoms with Crippen molar-refractivity contribution in [3.8, 4) is 0 Å². The number of aliphatic hydroxyl groups excluding tert-OH is 2. The summed E-state index contributed by atoms with van der Waals surface area (Å²) < 4.78 is 0. The summed E-state index contributed by atoms with van der Waals surface area (Å²) in [7, 11) is 0. The highest BCUT2D eigenvalue weighted by atomic mass is 16.3. The lowest BCUT2D eigenvalue weighted by Gasteiger charge is -2.20. The second-order valence-corrected chi connectivity index (χ2v) is 16.9. The van der Waals surface area contributed by atoms with E-state index in [0.29, 0.717) is 6.42 Å². The first-order valence-electron chi connectivity index (χ1n) is 24.4. The largest absolute Gasteiger partial charge is 0.394 e. The maximum Gasteiger partial charge on any atom is 0.220 e. The Balaban J connectivity index is 3.47. The number of amides is 1. The summed E-state index contributed by atoms with van der Waals surface area (Å²) in [6, 6.07) is -0.617. The van der Waals surface area contributed by atoms with Crippen LogP contribution < -0.4 is 5.32 Å². The Kier molecular flexibility index (Phi) is 44.8. The molecule has 2 atom stereocenters. The highest BCUT2D eigenvalue weighted by Gasteiger charge is 2.18. The van der Waals surface area contributed by atoms with Gasteiger partial charge in [0, 0.05) is 6.42 Å². The highest BCUT2D eigenvalue weighted by Crippen LogP contribution is 2.17. The highest BCUT2D eigenvalue weighted by molar-refractivity contribution is 5.76. The van der Waals surface area contributed by atoms with Crippen molar-refractivity contribution in [2.24, 2.45) is 0 Å². The van der Waals surface area contributed by atoms with Crippen molar-refractivity contribution < 1.29 is 15.0 Å². The normalized spacial score (nSPS) is 12.9. The van der Waals surface area contributed by atoms with Crippen molar-refractivity contribution in [1.29, 1.82) is 0 Å². The maximum atomic E-state index is 12.4. The average molecular weight is 748 g/mol. The van der Waals surface area contributed by atoms with Crippen LogP contribution in [0.25, 0.3) is 0 Å². The van der Waals surface area contributed by atoms with Crippen molar-refractivity contribution in [3.05, 3.63) is 12.2 Å². The number of nitrogens with one attached hydrogen (secondary N) is 1. The first-order chi connectivity index (χ1) is 26.2. The number of rotatable bonds is 45. The molecule has 0 saturated carbocycles. The van der Waals surface area contributed by atoms with Crippen LogP contribution in [0.15, 0.2) is 12.2 Å². The fraction of sp³-hybridized carbons (Fsp3) is 0.939. The molecule has 0 aliphatic rings. The smallest absolute Gasteiger partial charge is 0.220 e. The van der Waals surface area contributed by atoms with Crippen LogP contribution in [0.3, 0.4) is 0 Å². The molecule has 0 aliphatic heterocycles. The molecule has 1 amide bonds. The predicted molar refractivity (Wildman–Crippen MR) is 235 cm³/mol. The van der Waals surface area contributed by atoms with Crippen molar-refractivity contribution >= 4 is 5.91 Å². The summed E-state index contributed by atoms with van der Waals surface area (Å²) in [5.74, 6) is -0.0577. The number of carbonyl (C=O) groups excluding carboxylic acids is 1. The van der Waals surface area contributed by atoms with E-state index in [4.69, 9.17) is 0 Å².